The van der Waals surface area contributed by atoms with Crippen LogP contribution in [0.5, 0.6) is 0 Å². The number of carbonyl (C=O) groups excluding carboxylic acids is 1. The summed E-state index contributed by atoms with van der Waals surface area (Å²) >= 11 is 1.43. The van der Waals surface area contributed by atoms with Crippen molar-refractivity contribution in [3.63, 3.8) is 0 Å². The summed E-state index contributed by atoms with van der Waals surface area (Å²) in [6.07, 6.45) is 4.91. The van der Waals surface area contributed by atoms with Crippen LogP contribution in [0, 0.1) is 0 Å². The van der Waals surface area contributed by atoms with Crippen molar-refractivity contribution in [3.05, 3.63) is 58.9 Å². The van der Waals surface area contributed by atoms with Crippen LogP contribution >= 0.6 is 11.3 Å². The lowest BCUT2D eigenvalue weighted by molar-refractivity contribution is 0.0951. The Labute approximate surface area is 212 Å². The SMILES string of the molecule is C=CN1CCCC1CCNC(=O)c1c(=O)c2cc(N3CCOCC3)nnc2n2c1sc1ccccc12. The minimum absolute atomic E-state index is 0.164. The van der Waals surface area contributed by atoms with E-state index in [0.717, 1.165) is 36.0 Å². The van der Waals surface area contributed by atoms with Gasteiger partial charge >= 0.3 is 0 Å². The van der Waals surface area contributed by atoms with Gasteiger partial charge in [-0.2, -0.15) is 0 Å². The number of anilines is 1. The topological polar surface area (TPSA) is 92.1 Å². The third-order valence-corrected chi connectivity index (χ3v) is 8.30. The smallest absolute Gasteiger partial charge is 0.258 e. The van der Waals surface area contributed by atoms with Gasteiger partial charge in [-0.1, -0.05) is 18.7 Å². The first-order valence-corrected chi connectivity index (χ1v) is 13.2. The molecule has 10 heteroatoms. The molecule has 1 amide bonds. The van der Waals surface area contributed by atoms with E-state index in [1.165, 1.54) is 11.3 Å². The van der Waals surface area contributed by atoms with E-state index in [4.69, 9.17) is 4.74 Å². The monoisotopic (exact) mass is 504 g/mol. The van der Waals surface area contributed by atoms with Gasteiger partial charge in [0.2, 0.25) is 5.43 Å². The average Bonchev–Trinajstić information content (AvgIpc) is 3.53. The van der Waals surface area contributed by atoms with Crippen LogP contribution in [0.4, 0.5) is 5.82 Å². The van der Waals surface area contributed by atoms with E-state index in [2.05, 4.69) is 31.9 Å². The third kappa shape index (κ3) is 3.90. The highest BCUT2D eigenvalue weighted by Gasteiger charge is 2.25. The predicted octanol–water partition coefficient (Wildman–Crippen LogP) is 3.02. The zero-order valence-corrected chi connectivity index (χ0v) is 20.8. The number of ether oxygens (including phenoxy) is 1. The Morgan fingerprint density at radius 1 is 1.22 bits per heavy atom. The summed E-state index contributed by atoms with van der Waals surface area (Å²) in [5.74, 6) is 0.276. The van der Waals surface area contributed by atoms with Crippen LogP contribution in [-0.2, 0) is 4.74 Å². The van der Waals surface area contributed by atoms with Crippen molar-refractivity contribution < 1.29 is 9.53 Å². The van der Waals surface area contributed by atoms with Gasteiger partial charge in [-0.15, -0.1) is 21.5 Å². The fourth-order valence-corrected chi connectivity index (χ4v) is 6.48. The first kappa shape index (κ1) is 22.9. The first-order valence-electron chi connectivity index (χ1n) is 12.4. The lowest BCUT2D eigenvalue weighted by Gasteiger charge is -2.27. The number of carbonyl (C=O) groups is 1. The van der Waals surface area contributed by atoms with Crippen LogP contribution in [0.3, 0.4) is 0 Å². The van der Waals surface area contributed by atoms with Gasteiger partial charge in [0, 0.05) is 32.2 Å². The molecule has 6 rings (SSSR count). The first-order chi connectivity index (χ1) is 17.7. The number of fused-ring (bicyclic) bond motifs is 5. The van der Waals surface area contributed by atoms with Crippen molar-refractivity contribution in [2.24, 2.45) is 0 Å². The Hall–Kier alpha value is -3.50. The number of pyridine rings is 1. The number of nitrogens with one attached hydrogen (secondary N) is 1. The summed E-state index contributed by atoms with van der Waals surface area (Å²) in [4.78, 5) is 32.2. The van der Waals surface area contributed by atoms with Gasteiger partial charge in [0.25, 0.3) is 5.91 Å². The zero-order valence-electron chi connectivity index (χ0n) is 20.0. The summed E-state index contributed by atoms with van der Waals surface area (Å²) in [7, 11) is 0. The van der Waals surface area contributed by atoms with Gasteiger partial charge in [-0.3, -0.25) is 14.0 Å². The quantitative estimate of drug-likeness (QED) is 0.432. The molecule has 36 heavy (non-hydrogen) atoms. The minimum atomic E-state index is -0.348. The Kier molecular flexibility index (Phi) is 6.06. The lowest BCUT2D eigenvalue weighted by atomic mass is 10.1. The maximum absolute atomic E-state index is 13.8. The molecule has 0 radical (unpaired) electrons. The maximum Gasteiger partial charge on any atom is 0.258 e. The van der Waals surface area contributed by atoms with Crippen LogP contribution < -0.4 is 15.6 Å². The number of nitrogens with zero attached hydrogens (tertiary/aromatic N) is 5. The van der Waals surface area contributed by atoms with Crippen LogP contribution in [0.15, 0.2) is 47.9 Å². The number of likely N-dealkylation sites (tertiary alicyclic amines) is 1. The highest BCUT2D eigenvalue weighted by molar-refractivity contribution is 7.24. The summed E-state index contributed by atoms with van der Waals surface area (Å²) < 4.78 is 8.33. The van der Waals surface area contributed by atoms with Gasteiger partial charge in [0.05, 0.1) is 28.8 Å². The normalized spacial score (nSPS) is 18.4. The van der Waals surface area contributed by atoms with E-state index in [9.17, 15) is 9.59 Å². The molecule has 1 N–H and O–H groups in total. The minimum Gasteiger partial charge on any atom is -0.378 e. The number of hydrogen-bond acceptors (Lipinski definition) is 8. The Morgan fingerprint density at radius 3 is 2.89 bits per heavy atom. The molecule has 1 unspecified atom stereocenters. The second-order valence-electron chi connectivity index (χ2n) is 9.21. The molecule has 5 heterocycles. The molecule has 4 aromatic rings. The van der Waals surface area contributed by atoms with E-state index < -0.39 is 0 Å². The molecule has 2 aliphatic rings. The fraction of sp³-hybridized carbons (Fsp3) is 0.385. The van der Waals surface area contributed by atoms with Gasteiger partial charge < -0.3 is 19.9 Å². The van der Waals surface area contributed by atoms with Crippen molar-refractivity contribution in [1.29, 1.82) is 0 Å². The largest absolute Gasteiger partial charge is 0.378 e. The molecule has 9 nitrogen and oxygen atoms in total. The third-order valence-electron chi connectivity index (χ3n) is 7.16. The zero-order chi connectivity index (χ0) is 24.6. The van der Waals surface area contributed by atoms with E-state index in [-0.39, 0.29) is 16.9 Å². The van der Waals surface area contributed by atoms with Crippen molar-refractivity contribution in [3.8, 4) is 0 Å². The predicted molar refractivity (Wildman–Crippen MR) is 142 cm³/mol. The molecular formula is C26H28N6O3S. The van der Waals surface area contributed by atoms with Gasteiger partial charge in [-0.05, 0) is 43.7 Å². The van der Waals surface area contributed by atoms with Gasteiger partial charge in [0.15, 0.2) is 11.5 Å². The molecule has 0 bridgehead atoms. The van der Waals surface area contributed by atoms with Crippen LogP contribution in [0.1, 0.15) is 29.6 Å². The standard InChI is InChI=1S/C26H28N6O3S/c1-2-30-11-5-6-17(30)9-10-27-25(34)22-23(33)18-16-21(31-12-14-35-15-13-31)28-29-24(18)32-19-7-3-4-8-20(19)36-26(22)32/h2-4,7-8,16-17H,1,5-6,9-15H2,(H,27,34). The summed E-state index contributed by atoms with van der Waals surface area (Å²) in [5.41, 5.74) is 1.22. The van der Waals surface area contributed by atoms with E-state index in [1.807, 2.05) is 34.9 Å². The van der Waals surface area contributed by atoms with Crippen molar-refractivity contribution >= 4 is 49.1 Å². The number of amides is 1. The number of thiazole rings is 1. The molecule has 2 fully saturated rings. The number of para-hydroxylation sites is 1. The van der Waals surface area contributed by atoms with E-state index in [1.54, 1.807) is 6.07 Å². The highest BCUT2D eigenvalue weighted by atomic mass is 32.1. The Bertz CT molecular complexity index is 1520. The number of hydrogen-bond donors (Lipinski definition) is 1. The van der Waals surface area contributed by atoms with Crippen LogP contribution in [0.2, 0.25) is 0 Å². The number of aromatic nitrogens is 3. The Balaban J connectivity index is 1.43. The molecular weight excluding hydrogens is 476 g/mol. The number of morpholine rings is 1. The number of rotatable bonds is 6. The summed E-state index contributed by atoms with van der Waals surface area (Å²) in [6, 6.07) is 10.0. The molecule has 186 valence electrons. The van der Waals surface area contributed by atoms with Crippen molar-refractivity contribution in [2.75, 3.05) is 44.3 Å². The summed E-state index contributed by atoms with van der Waals surface area (Å²) in [6.45, 7) is 7.96. The van der Waals surface area contributed by atoms with Gasteiger partial charge in [-0.25, -0.2) is 0 Å². The second kappa shape index (κ2) is 9.51. The maximum atomic E-state index is 13.8. The van der Waals surface area contributed by atoms with Crippen LogP contribution in [0.25, 0.3) is 26.1 Å². The Morgan fingerprint density at radius 2 is 2.06 bits per heavy atom. The second-order valence-corrected chi connectivity index (χ2v) is 10.2. The molecule has 2 aliphatic heterocycles. The lowest BCUT2D eigenvalue weighted by Crippen LogP contribution is -2.37. The molecule has 2 saturated heterocycles. The van der Waals surface area contributed by atoms with Crippen molar-refractivity contribution in [2.45, 2.75) is 25.3 Å². The molecule has 0 aliphatic carbocycles. The van der Waals surface area contributed by atoms with E-state index >= 15 is 0 Å². The fourth-order valence-electron chi connectivity index (χ4n) is 5.30. The summed E-state index contributed by atoms with van der Waals surface area (Å²) in [5, 5.41) is 12.4. The van der Waals surface area contributed by atoms with Crippen molar-refractivity contribution in [1.82, 2.24) is 24.8 Å². The van der Waals surface area contributed by atoms with E-state index in [0.29, 0.717) is 60.6 Å². The average molecular weight is 505 g/mol. The number of benzene rings is 1. The molecule has 1 aromatic carbocycles. The molecule has 0 spiro atoms. The molecule has 3 aromatic heterocycles. The molecule has 1 atom stereocenters. The van der Waals surface area contributed by atoms with Crippen LogP contribution in [-0.4, -0.2) is 70.8 Å². The molecule has 0 saturated carbocycles. The van der Waals surface area contributed by atoms with Gasteiger partial charge in [0.1, 0.15) is 10.4 Å². The highest BCUT2D eigenvalue weighted by Crippen LogP contribution is 2.31.